The van der Waals surface area contributed by atoms with Crippen molar-refractivity contribution in [2.75, 3.05) is 4.90 Å². The summed E-state index contributed by atoms with van der Waals surface area (Å²) in [7, 11) is 0. The number of para-hydroxylation sites is 1. The molecule has 0 saturated heterocycles. The third kappa shape index (κ3) is 3.10. The van der Waals surface area contributed by atoms with E-state index >= 15 is 0 Å². The molecule has 1 N–H and O–H groups in total. The van der Waals surface area contributed by atoms with Crippen molar-refractivity contribution >= 4 is 17.4 Å². The number of fused-ring (bicyclic) bond motifs is 1. The Balaban J connectivity index is 1.69. The maximum Gasteiger partial charge on any atom is 0.264 e. The van der Waals surface area contributed by atoms with Crippen molar-refractivity contribution in [1.29, 1.82) is 0 Å². The number of halogens is 1. The number of Topliss-reactive ketones (excluding diaryl/α,β-unsaturated/α-hetero) is 1. The molecule has 0 saturated carbocycles. The second-order valence-electron chi connectivity index (χ2n) is 6.86. The summed E-state index contributed by atoms with van der Waals surface area (Å²) in [5.41, 5.74) is 0.00370. The third-order valence-corrected chi connectivity index (χ3v) is 4.98. The number of hydrogen-bond donors (Lipinski definition) is 1. The zero-order valence-corrected chi connectivity index (χ0v) is 15.0. The smallest absolute Gasteiger partial charge is 0.264 e. The van der Waals surface area contributed by atoms with Crippen molar-refractivity contribution < 1.29 is 19.1 Å². The van der Waals surface area contributed by atoms with E-state index in [4.69, 9.17) is 0 Å². The van der Waals surface area contributed by atoms with E-state index in [0.29, 0.717) is 22.4 Å². The summed E-state index contributed by atoms with van der Waals surface area (Å²) in [6.45, 7) is 0.107. The van der Waals surface area contributed by atoms with E-state index in [1.807, 2.05) is 0 Å². The largest absolute Gasteiger partial charge is 0.375 e. The summed E-state index contributed by atoms with van der Waals surface area (Å²) >= 11 is 0. The molecular weight excluding hydrogens is 357 g/mol. The molecule has 140 valence electrons. The minimum atomic E-state index is -1.95. The van der Waals surface area contributed by atoms with Gasteiger partial charge in [-0.3, -0.25) is 9.59 Å². The van der Waals surface area contributed by atoms with Gasteiger partial charge in [0, 0.05) is 11.1 Å². The van der Waals surface area contributed by atoms with Crippen LogP contribution in [0.3, 0.4) is 0 Å². The van der Waals surface area contributed by atoms with Crippen LogP contribution in [0.1, 0.15) is 27.9 Å². The van der Waals surface area contributed by atoms with E-state index in [-0.39, 0.29) is 18.7 Å². The Kier molecular flexibility index (Phi) is 4.53. The Bertz CT molecular complexity index is 1050. The standard InChI is InChI=1S/C23H18FNO3/c24-18-10-6-7-16(13-18)15-25-20-12-5-4-11-19(20)23(28,22(25)27)14-21(26)17-8-2-1-3-9-17/h1-13,28H,14-15H2/t23-/m1/s1. The van der Waals surface area contributed by atoms with Crippen LogP contribution in [0.15, 0.2) is 78.9 Å². The first-order valence-corrected chi connectivity index (χ1v) is 8.95. The van der Waals surface area contributed by atoms with Crippen LogP contribution in [-0.2, 0) is 16.9 Å². The minimum absolute atomic E-state index is 0.107. The van der Waals surface area contributed by atoms with Crippen molar-refractivity contribution in [1.82, 2.24) is 0 Å². The molecule has 4 rings (SSSR count). The van der Waals surface area contributed by atoms with E-state index < -0.39 is 17.3 Å². The van der Waals surface area contributed by atoms with Gasteiger partial charge in [0.25, 0.3) is 5.91 Å². The number of rotatable bonds is 5. The molecule has 0 bridgehead atoms. The number of hydrogen-bond acceptors (Lipinski definition) is 3. The summed E-state index contributed by atoms with van der Waals surface area (Å²) in [5.74, 6) is -1.30. The highest BCUT2D eigenvalue weighted by Gasteiger charge is 2.50. The van der Waals surface area contributed by atoms with Crippen molar-refractivity contribution in [2.45, 2.75) is 18.6 Å². The zero-order valence-electron chi connectivity index (χ0n) is 15.0. The molecular formula is C23H18FNO3. The van der Waals surface area contributed by atoms with Gasteiger partial charge in [0.1, 0.15) is 5.82 Å². The van der Waals surface area contributed by atoms with Gasteiger partial charge in [0.15, 0.2) is 11.4 Å². The van der Waals surface area contributed by atoms with Gasteiger partial charge in [-0.15, -0.1) is 0 Å². The number of benzene rings is 3. The molecule has 0 aliphatic carbocycles. The Hall–Kier alpha value is -3.31. The van der Waals surface area contributed by atoms with Gasteiger partial charge in [-0.25, -0.2) is 4.39 Å². The number of anilines is 1. The lowest BCUT2D eigenvalue weighted by Crippen LogP contribution is -2.41. The number of aliphatic hydroxyl groups is 1. The molecule has 5 heteroatoms. The van der Waals surface area contributed by atoms with Crippen molar-refractivity contribution in [3.63, 3.8) is 0 Å². The first-order chi connectivity index (χ1) is 13.5. The Morgan fingerprint density at radius 3 is 2.43 bits per heavy atom. The molecule has 3 aromatic rings. The van der Waals surface area contributed by atoms with Crippen molar-refractivity contribution in [3.05, 3.63) is 101 Å². The predicted molar refractivity (Wildman–Crippen MR) is 103 cm³/mol. The Morgan fingerprint density at radius 1 is 0.964 bits per heavy atom. The van der Waals surface area contributed by atoms with Crippen LogP contribution in [0.4, 0.5) is 10.1 Å². The molecule has 0 fully saturated rings. The summed E-state index contributed by atoms with van der Waals surface area (Å²) in [6.07, 6.45) is -0.355. The monoisotopic (exact) mass is 375 g/mol. The number of nitrogens with zero attached hydrogens (tertiary/aromatic N) is 1. The normalized spacial score (nSPS) is 18.2. The van der Waals surface area contributed by atoms with Crippen LogP contribution in [0, 0.1) is 5.82 Å². The van der Waals surface area contributed by atoms with E-state index in [2.05, 4.69) is 0 Å². The fraction of sp³-hybridized carbons (Fsp3) is 0.130. The molecule has 1 atom stereocenters. The number of carbonyl (C=O) groups excluding carboxylic acids is 2. The van der Waals surface area contributed by atoms with Crippen molar-refractivity contribution in [3.8, 4) is 0 Å². The van der Waals surface area contributed by atoms with E-state index in [9.17, 15) is 19.1 Å². The molecule has 1 aliphatic heterocycles. The van der Waals surface area contributed by atoms with Crippen LogP contribution in [0.25, 0.3) is 0 Å². The average Bonchev–Trinajstić information content (AvgIpc) is 2.91. The molecule has 1 aliphatic rings. The Morgan fingerprint density at radius 2 is 1.68 bits per heavy atom. The summed E-state index contributed by atoms with van der Waals surface area (Å²) < 4.78 is 13.5. The van der Waals surface area contributed by atoms with Crippen LogP contribution >= 0.6 is 0 Å². The van der Waals surface area contributed by atoms with Gasteiger partial charge >= 0.3 is 0 Å². The Labute approximate surface area is 161 Å². The highest BCUT2D eigenvalue weighted by Crippen LogP contribution is 2.43. The molecule has 0 aromatic heterocycles. The van der Waals surface area contributed by atoms with Gasteiger partial charge in [-0.2, -0.15) is 0 Å². The van der Waals surface area contributed by atoms with Gasteiger partial charge in [0.2, 0.25) is 0 Å². The third-order valence-electron chi connectivity index (χ3n) is 4.98. The molecule has 4 nitrogen and oxygen atoms in total. The molecule has 1 amide bonds. The molecule has 0 spiro atoms. The highest BCUT2D eigenvalue weighted by atomic mass is 19.1. The van der Waals surface area contributed by atoms with Crippen LogP contribution in [0.5, 0.6) is 0 Å². The van der Waals surface area contributed by atoms with Gasteiger partial charge in [-0.1, -0.05) is 60.7 Å². The summed E-state index contributed by atoms with van der Waals surface area (Å²) in [6, 6.07) is 21.4. The summed E-state index contributed by atoms with van der Waals surface area (Å²) in [4.78, 5) is 27.3. The van der Waals surface area contributed by atoms with Crippen LogP contribution in [0.2, 0.25) is 0 Å². The fourth-order valence-corrected chi connectivity index (χ4v) is 3.61. The maximum absolute atomic E-state index is 13.5. The lowest BCUT2D eigenvalue weighted by molar-refractivity contribution is -0.136. The van der Waals surface area contributed by atoms with E-state index in [1.54, 1.807) is 66.7 Å². The molecule has 1 heterocycles. The second-order valence-corrected chi connectivity index (χ2v) is 6.86. The van der Waals surface area contributed by atoms with Gasteiger partial charge < -0.3 is 10.0 Å². The van der Waals surface area contributed by atoms with Crippen LogP contribution < -0.4 is 4.90 Å². The minimum Gasteiger partial charge on any atom is -0.375 e. The first kappa shape index (κ1) is 18.1. The second kappa shape index (κ2) is 7.02. The molecule has 0 unspecified atom stereocenters. The van der Waals surface area contributed by atoms with Gasteiger partial charge in [-0.05, 0) is 23.8 Å². The van der Waals surface area contributed by atoms with E-state index in [0.717, 1.165) is 0 Å². The highest BCUT2D eigenvalue weighted by molar-refractivity contribution is 6.10. The quantitative estimate of drug-likeness (QED) is 0.690. The molecule has 3 aromatic carbocycles. The van der Waals surface area contributed by atoms with Gasteiger partial charge in [0.05, 0.1) is 18.7 Å². The molecule has 0 radical (unpaired) electrons. The fourth-order valence-electron chi connectivity index (χ4n) is 3.61. The SMILES string of the molecule is O=C(C[C@]1(O)C(=O)N(Cc2cccc(F)c2)c2ccccc21)c1ccccc1. The number of amides is 1. The van der Waals surface area contributed by atoms with Crippen molar-refractivity contribution in [2.24, 2.45) is 0 Å². The van der Waals surface area contributed by atoms with Crippen LogP contribution in [-0.4, -0.2) is 16.8 Å². The molecule has 28 heavy (non-hydrogen) atoms. The predicted octanol–water partition coefficient (Wildman–Crippen LogP) is 3.83. The maximum atomic E-state index is 13.5. The lowest BCUT2D eigenvalue weighted by atomic mass is 9.88. The summed E-state index contributed by atoms with van der Waals surface area (Å²) in [5, 5.41) is 11.3. The first-order valence-electron chi connectivity index (χ1n) is 8.95. The zero-order chi connectivity index (χ0) is 19.7. The topological polar surface area (TPSA) is 57.6 Å². The number of carbonyl (C=O) groups is 2. The lowest BCUT2D eigenvalue weighted by Gasteiger charge is -2.23. The number of ketones is 1. The average molecular weight is 375 g/mol. The van der Waals surface area contributed by atoms with E-state index in [1.165, 1.54) is 17.0 Å².